The second kappa shape index (κ2) is 9.27. The molecule has 8 nitrogen and oxygen atoms in total. The molecule has 9 heteroatoms. The number of nitrogens with zero attached hydrogens (tertiary/aromatic N) is 1. The molecule has 156 valence electrons. The molecule has 2 aromatic carbocycles. The van der Waals surface area contributed by atoms with Crippen LogP contribution in [0, 0.1) is 0 Å². The van der Waals surface area contributed by atoms with Gasteiger partial charge in [-0.3, -0.25) is 10.1 Å². The van der Waals surface area contributed by atoms with Crippen molar-refractivity contribution in [1.29, 1.82) is 0 Å². The molecule has 30 heavy (non-hydrogen) atoms. The molecule has 1 atom stereocenters. The van der Waals surface area contributed by atoms with Crippen LogP contribution < -0.4 is 20.5 Å². The molecular formula is C21H21N3O5S. The van der Waals surface area contributed by atoms with Crippen molar-refractivity contribution in [2.24, 2.45) is 0 Å². The maximum absolute atomic E-state index is 12.4. The number of esters is 1. The fourth-order valence-electron chi connectivity index (χ4n) is 2.61. The molecule has 0 aliphatic heterocycles. The summed E-state index contributed by atoms with van der Waals surface area (Å²) in [4.78, 5) is 29.0. The van der Waals surface area contributed by atoms with E-state index in [2.05, 4.69) is 10.3 Å². The minimum absolute atomic E-state index is 0.277. The zero-order valence-electron chi connectivity index (χ0n) is 16.7. The monoisotopic (exact) mass is 427 g/mol. The molecule has 3 N–H and O–H groups in total. The molecule has 0 saturated carbocycles. The van der Waals surface area contributed by atoms with E-state index in [1.165, 1.54) is 24.3 Å². The van der Waals surface area contributed by atoms with E-state index in [1.807, 2.05) is 6.07 Å². The van der Waals surface area contributed by atoms with E-state index in [-0.39, 0.29) is 5.56 Å². The maximum Gasteiger partial charge on any atom is 0.338 e. The van der Waals surface area contributed by atoms with E-state index in [0.29, 0.717) is 28.0 Å². The van der Waals surface area contributed by atoms with Gasteiger partial charge >= 0.3 is 5.97 Å². The van der Waals surface area contributed by atoms with Crippen molar-refractivity contribution in [3.05, 3.63) is 53.4 Å². The Morgan fingerprint density at radius 3 is 2.57 bits per heavy atom. The van der Waals surface area contributed by atoms with Gasteiger partial charge in [0.05, 0.1) is 25.5 Å². The zero-order chi connectivity index (χ0) is 21.7. The largest absolute Gasteiger partial charge is 0.493 e. The van der Waals surface area contributed by atoms with Crippen molar-refractivity contribution >= 4 is 34.0 Å². The van der Waals surface area contributed by atoms with Crippen LogP contribution in [-0.2, 0) is 9.53 Å². The van der Waals surface area contributed by atoms with E-state index in [1.54, 1.807) is 49.9 Å². The highest BCUT2D eigenvalue weighted by Crippen LogP contribution is 2.33. The average Bonchev–Trinajstić information content (AvgIpc) is 3.21. The number of hydrogen-bond acceptors (Lipinski definition) is 8. The topological polar surface area (TPSA) is 113 Å². The Bertz CT molecular complexity index is 1070. The van der Waals surface area contributed by atoms with E-state index in [0.717, 1.165) is 5.56 Å². The van der Waals surface area contributed by atoms with E-state index in [9.17, 15) is 9.59 Å². The first kappa shape index (κ1) is 21.1. The number of carbonyl (C=O) groups excluding carboxylic acids is 2. The van der Waals surface area contributed by atoms with Crippen molar-refractivity contribution in [1.82, 2.24) is 4.98 Å². The smallest absolute Gasteiger partial charge is 0.338 e. The summed E-state index contributed by atoms with van der Waals surface area (Å²) in [7, 11) is 3.12. The van der Waals surface area contributed by atoms with Crippen molar-refractivity contribution in [2.75, 3.05) is 25.3 Å². The number of methoxy groups -OCH3 is 2. The van der Waals surface area contributed by atoms with Gasteiger partial charge in [-0.15, -0.1) is 11.3 Å². The first-order valence-corrected chi connectivity index (χ1v) is 9.84. The van der Waals surface area contributed by atoms with Crippen LogP contribution in [0.4, 0.5) is 10.8 Å². The normalized spacial score (nSPS) is 11.4. The van der Waals surface area contributed by atoms with Crippen LogP contribution >= 0.6 is 11.3 Å². The quantitative estimate of drug-likeness (QED) is 0.438. The number of aromatic nitrogens is 1. The molecule has 0 radical (unpaired) electrons. The highest BCUT2D eigenvalue weighted by atomic mass is 32.1. The second-order valence-electron chi connectivity index (χ2n) is 6.27. The first-order chi connectivity index (χ1) is 14.4. The number of nitrogen functional groups attached to an aromatic ring is 1. The van der Waals surface area contributed by atoms with Gasteiger partial charge in [-0.1, -0.05) is 6.07 Å². The third kappa shape index (κ3) is 4.87. The van der Waals surface area contributed by atoms with Crippen LogP contribution in [0.2, 0.25) is 0 Å². The van der Waals surface area contributed by atoms with Gasteiger partial charge in [-0.25, -0.2) is 9.78 Å². The summed E-state index contributed by atoms with van der Waals surface area (Å²) in [6, 6.07) is 11.8. The molecule has 3 aromatic rings. The standard InChI is InChI=1S/C21H21N3O5S/c1-12(29-20(26)14-5-4-6-15(22)9-14)19(25)24-21-23-16(11-30-21)13-7-8-17(27-2)18(10-13)28-3/h4-12H,22H2,1-3H3,(H,23,24,25). The number of hydrogen-bond donors (Lipinski definition) is 2. The number of nitrogens with one attached hydrogen (secondary N) is 1. The van der Waals surface area contributed by atoms with Crippen LogP contribution in [0.3, 0.4) is 0 Å². The summed E-state index contributed by atoms with van der Waals surface area (Å²) < 4.78 is 15.8. The van der Waals surface area contributed by atoms with E-state index >= 15 is 0 Å². The van der Waals surface area contributed by atoms with Crippen LogP contribution in [-0.4, -0.2) is 37.2 Å². The minimum atomic E-state index is -1.01. The fraction of sp³-hybridized carbons (Fsp3) is 0.190. The van der Waals surface area contributed by atoms with Crippen LogP contribution in [0.25, 0.3) is 11.3 Å². The van der Waals surface area contributed by atoms with Crippen LogP contribution in [0.1, 0.15) is 17.3 Å². The molecule has 0 bridgehead atoms. The zero-order valence-corrected chi connectivity index (χ0v) is 17.5. The molecule has 0 fully saturated rings. The summed E-state index contributed by atoms with van der Waals surface area (Å²) in [5.41, 5.74) is 7.86. The number of anilines is 2. The van der Waals surface area contributed by atoms with Gasteiger partial charge in [0.15, 0.2) is 22.7 Å². The number of amides is 1. The third-order valence-electron chi connectivity index (χ3n) is 4.19. The predicted octanol–water partition coefficient (Wildman–Crippen LogP) is 3.59. The summed E-state index contributed by atoms with van der Waals surface area (Å²) in [5.74, 6) is 0.0760. The number of rotatable bonds is 7. The second-order valence-corrected chi connectivity index (χ2v) is 7.13. The minimum Gasteiger partial charge on any atom is -0.493 e. The molecule has 0 spiro atoms. The van der Waals surface area contributed by atoms with Gasteiger partial charge < -0.3 is 19.9 Å². The van der Waals surface area contributed by atoms with Gasteiger partial charge in [-0.05, 0) is 43.3 Å². The summed E-state index contributed by atoms with van der Waals surface area (Å²) >= 11 is 1.26. The van der Waals surface area contributed by atoms with Crippen molar-refractivity contribution in [2.45, 2.75) is 13.0 Å². The lowest BCUT2D eigenvalue weighted by atomic mass is 10.1. The van der Waals surface area contributed by atoms with Gasteiger partial charge in [-0.2, -0.15) is 0 Å². The van der Waals surface area contributed by atoms with Crippen molar-refractivity contribution in [3.63, 3.8) is 0 Å². The van der Waals surface area contributed by atoms with E-state index in [4.69, 9.17) is 19.9 Å². The number of nitrogens with two attached hydrogens (primary N) is 1. The Morgan fingerprint density at radius 1 is 1.10 bits per heavy atom. The highest BCUT2D eigenvalue weighted by Gasteiger charge is 2.20. The van der Waals surface area contributed by atoms with Gasteiger partial charge in [0, 0.05) is 16.6 Å². The lowest BCUT2D eigenvalue weighted by Gasteiger charge is -2.12. The molecule has 0 saturated heterocycles. The third-order valence-corrected chi connectivity index (χ3v) is 4.95. The lowest BCUT2D eigenvalue weighted by molar-refractivity contribution is -0.123. The maximum atomic E-state index is 12.4. The lowest BCUT2D eigenvalue weighted by Crippen LogP contribution is -2.30. The molecule has 0 aliphatic carbocycles. The molecule has 1 amide bonds. The van der Waals surface area contributed by atoms with Crippen molar-refractivity contribution in [3.8, 4) is 22.8 Å². The number of ether oxygens (including phenoxy) is 3. The molecule has 1 unspecified atom stereocenters. The highest BCUT2D eigenvalue weighted by molar-refractivity contribution is 7.14. The van der Waals surface area contributed by atoms with Crippen LogP contribution in [0.5, 0.6) is 11.5 Å². The number of thiazole rings is 1. The Kier molecular flexibility index (Phi) is 6.53. The van der Waals surface area contributed by atoms with Crippen LogP contribution in [0.15, 0.2) is 47.8 Å². The number of carbonyl (C=O) groups is 2. The summed E-state index contributed by atoms with van der Waals surface area (Å²) in [5, 5.41) is 4.85. The number of benzene rings is 2. The molecule has 0 aliphatic rings. The van der Waals surface area contributed by atoms with Crippen molar-refractivity contribution < 1.29 is 23.8 Å². The predicted molar refractivity (Wildman–Crippen MR) is 115 cm³/mol. The van der Waals surface area contributed by atoms with Gasteiger partial charge in [0.25, 0.3) is 5.91 Å². The SMILES string of the molecule is COc1ccc(-c2csc(NC(=O)C(C)OC(=O)c3cccc(N)c3)n2)cc1OC. The van der Waals surface area contributed by atoms with E-state index < -0.39 is 18.0 Å². The Labute approximate surface area is 177 Å². The average molecular weight is 427 g/mol. The summed E-state index contributed by atoms with van der Waals surface area (Å²) in [6.45, 7) is 1.49. The first-order valence-electron chi connectivity index (χ1n) is 8.96. The molecule has 1 heterocycles. The molecular weight excluding hydrogens is 406 g/mol. The fourth-order valence-corrected chi connectivity index (χ4v) is 3.34. The Balaban J connectivity index is 1.65. The Hall–Kier alpha value is -3.59. The summed E-state index contributed by atoms with van der Waals surface area (Å²) in [6.07, 6.45) is -1.01. The molecule has 1 aromatic heterocycles. The molecule has 3 rings (SSSR count). The van der Waals surface area contributed by atoms with Gasteiger partial charge in [0.1, 0.15) is 0 Å². The Morgan fingerprint density at radius 2 is 1.87 bits per heavy atom. The van der Waals surface area contributed by atoms with Gasteiger partial charge in [0.2, 0.25) is 0 Å².